The molecule has 0 spiro atoms. The van der Waals surface area contributed by atoms with Crippen LogP contribution >= 0.6 is 0 Å². The van der Waals surface area contributed by atoms with Crippen molar-refractivity contribution in [1.82, 2.24) is 4.90 Å². The highest BCUT2D eigenvalue weighted by molar-refractivity contribution is 5.78. The van der Waals surface area contributed by atoms with Crippen LogP contribution in [0.3, 0.4) is 0 Å². The lowest BCUT2D eigenvalue weighted by molar-refractivity contribution is -0.136. The molecule has 0 unspecified atom stereocenters. The molecule has 5 heteroatoms. The van der Waals surface area contributed by atoms with Crippen LogP contribution in [0.2, 0.25) is 0 Å². The summed E-state index contributed by atoms with van der Waals surface area (Å²) in [7, 11) is 0. The number of amides is 1. The van der Waals surface area contributed by atoms with Gasteiger partial charge in [-0.2, -0.15) is 0 Å². The number of carboxylic acid groups (broad SMARTS) is 1. The number of rotatable bonds is 10. The average molecular weight is 406 g/mol. The zero-order valence-electron chi connectivity index (χ0n) is 18.8. The Kier molecular flexibility index (Phi) is 14.6. The third-order valence-corrected chi connectivity index (χ3v) is 4.27. The molecule has 0 aromatic heterocycles. The van der Waals surface area contributed by atoms with E-state index in [2.05, 4.69) is 39.2 Å². The van der Waals surface area contributed by atoms with Crippen LogP contribution in [-0.2, 0) is 14.3 Å². The van der Waals surface area contributed by atoms with Gasteiger partial charge in [-0.3, -0.25) is 9.59 Å². The zero-order chi connectivity index (χ0) is 22.2. The van der Waals surface area contributed by atoms with Crippen LogP contribution in [0.1, 0.15) is 66.2 Å². The van der Waals surface area contributed by atoms with Crippen molar-refractivity contribution >= 4 is 11.9 Å². The number of carbonyl (C=O) groups is 2. The van der Waals surface area contributed by atoms with E-state index in [9.17, 15) is 9.59 Å². The van der Waals surface area contributed by atoms with Gasteiger partial charge in [0.05, 0.1) is 19.6 Å². The number of ether oxygens (including phenoxy) is 1. The standard InChI is InChI=1S/C14H23NO2.C10H16O2/c1-12(2)5-4-6-13(3)11-14(16)15-7-9-17-10-8-15;1-8(2)5-4-6-9(3)7-10(11)12/h5H,3-4,6-11H2,1-2H3;5H,3-4,6-7H2,1-2H3,(H,11,12). The highest BCUT2D eigenvalue weighted by Crippen LogP contribution is 2.12. The van der Waals surface area contributed by atoms with Gasteiger partial charge in [0.2, 0.25) is 5.91 Å². The lowest BCUT2D eigenvalue weighted by Gasteiger charge is -2.27. The number of carboxylic acids is 1. The largest absolute Gasteiger partial charge is 0.481 e. The van der Waals surface area contributed by atoms with Gasteiger partial charge < -0.3 is 14.7 Å². The van der Waals surface area contributed by atoms with Crippen molar-refractivity contribution in [2.45, 2.75) is 66.2 Å². The van der Waals surface area contributed by atoms with E-state index in [1.807, 2.05) is 18.7 Å². The molecule has 0 bridgehead atoms. The molecule has 1 fully saturated rings. The second kappa shape index (κ2) is 15.7. The Morgan fingerprint density at radius 2 is 1.34 bits per heavy atom. The van der Waals surface area contributed by atoms with Gasteiger partial charge in [0, 0.05) is 19.5 Å². The molecule has 164 valence electrons. The molecule has 0 atom stereocenters. The van der Waals surface area contributed by atoms with Gasteiger partial charge in [0.25, 0.3) is 0 Å². The normalized spacial score (nSPS) is 12.9. The number of allylic oxidation sites excluding steroid dienone is 4. The molecule has 29 heavy (non-hydrogen) atoms. The summed E-state index contributed by atoms with van der Waals surface area (Å²) in [6, 6.07) is 0. The summed E-state index contributed by atoms with van der Waals surface area (Å²) in [6.07, 6.45) is 8.41. The molecule has 0 aromatic carbocycles. The molecule has 1 amide bonds. The molecule has 1 aliphatic rings. The molecule has 0 radical (unpaired) electrons. The summed E-state index contributed by atoms with van der Waals surface area (Å²) in [6.45, 7) is 18.7. The quantitative estimate of drug-likeness (QED) is 0.501. The Morgan fingerprint density at radius 1 is 0.897 bits per heavy atom. The monoisotopic (exact) mass is 405 g/mol. The first-order valence-electron chi connectivity index (χ1n) is 10.3. The smallest absolute Gasteiger partial charge is 0.307 e. The predicted molar refractivity (Wildman–Crippen MR) is 120 cm³/mol. The van der Waals surface area contributed by atoms with Gasteiger partial charge in [-0.1, -0.05) is 47.6 Å². The maximum Gasteiger partial charge on any atom is 0.307 e. The fraction of sp³-hybridized carbons (Fsp3) is 0.583. The predicted octanol–water partition coefficient (Wildman–Crippen LogP) is 5.30. The molecule has 1 saturated heterocycles. The number of morpholine rings is 1. The first-order chi connectivity index (χ1) is 13.6. The third kappa shape index (κ3) is 16.5. The summed E-state index contributed by atoms with van der Waals surface area (Å²) in [5, 5.41) is 8.42. The molecule has 1 heterocycles. The number of nitrogens with zero attached hydrogens (tertiary/aromatic N) is 1. The number of hydrogen-bond acceptors (Lipinski definition) is 3. The molecule has 1 aliphatic heterocycles. The Balaban J connectivity index is 0.000000578. The Hall–Kier alpha value is -2.14. The summed E-state index contributed by atoms with van der Waals surface area (Å²) in [5.74, 6) is -0.604. The SMILES string of the molecule is C=C(CCC=C(C)C)CC(=O)N1CCOCC1.C=C(CCC=C(C)C)CC(=O)O. The summed E-state index contributed by atoms with van der Waals surface area (Å²) in [5.41, 5.74) is 4.40. The van der Waals surface area contributed by atoms with Gasteiger partial charge in [-0.15, -0.1) is 0 Å². The van der Waals surface area contributed by atoms with Crippen molar-refractivity contribution in [3.8, 4) is 0 Å². The number of hydrogen-bond donors (Lipinski definition) is 1. The van der Waals surface area contributed by atoms with E-state index in [-0.39, 0.29) is 12.3 Å². The van der Waals surface area contributed by atoms with E-state index < -0.39 is 5.97 Å². The zero-order valence-corrected chi connectivity index (χ0v) is 18.8. The maximum atomic E-state index is 11.9. The fourth-order valence-electron chi connectivity index (χ4n) is 2.66. The Morgan fingerprint density at radius 3 is 1.76 bits per heavy atom. The van der Waals surface area contributed by atoms with Gasteiger partial charge in [0.1, 0.15) is 0 Å². The van der Waals surface area contributed by atoms with Crippen LogP contribution in [0, 0.1) is 0 Å². The van der Waals surface area contributed by atoms with Crippen molar-refractivity contribution < 1.29 is 19.4 Å². The van der Waals surface area contributed by atoms with Gasteiger partial charge in [-0.05, 0) is 53.4 Å². The molecule has 1 N–H and O–H groups in total. The van der Waals surface area contributed by atoms with Gasteiger partial charge in [0.15, 0.2) is 0 Å². The third-order valence-electron chi connectivity index (χ3n) is 4.27. The maximum absolute atomic E-state index is 11.9. The van der Waals surface area contributed by atoms with E-state index >= 15 is 0 Å². The number of aliphatic carboxylic acids is 1. The highest BCUT2D eigenvalue weighted by Gasteiger charge is 2.16. The van der Waals surface area contributed by atoms with Crippen molar-refractivity contribution in [3.63, 3.8) is 0 Å². The first kappa shape index (κ1) is 26.9. The minimum absolute atomic E-state index is 0.0939. The fourth-order valence-corrected chi connectivity index (χ4v) is 2.66. The Bertz CT molecular complexity index is 602. The average Bonchev–Trinajstić information content (AvgIpc) is 2.61. The second-order valence-corrected chi connectivity index (χ2v) is 7.88. The van der Waals surface area contributed by atoms with Crippen LogP contribution in [0.25, 0.3) is 0 Å². The van der Waals surface area contributed by atoms with E-state index in [0.29, 0.717) is 19.6 Å². The van der Waals surface area contributed by atoms with E-state index in [1.165, 1.54) is 11.1 Å². The van der Waals surface area contributed by atoms with E-state index in [0.717, 1.165) is 49.9 Å². The lowest BCUT2D eigenvalue weighted by atomic mass is 10.1. The van der Waals surface area contributed by atoms with E-state index in [4.69, 9.17) is 9.84 Å². The van der Waals surface area contributed by atoms with Crippen molar-refractivity contribution in [2.24, 2.45) is 0 Å². The van der Waals surface area contributed by atoms with Crippen LogP contribution in [0.5, 0.6) is 0 Å². The van der Waals surface area contributed by atoms with Crippen LogP contribution in [0.15, 0.2) is 47.6 Å². The van der Waals surface area contributed by atoms with Crippen molar-refractivity contribution in [1.29, 1.82) is 0 Å². The number of carbonyl (C=O) groups excluding carboxylic acids is 1. The summed E-state index contributed by atoms with van der Waals surface area (Å²) in [4.78, 5) is 24.0. The van der Waals surface area contributed by atoms with Gasteiger partial charge >= 0.3 is 5.97 Å². The molecule has 1 rings (SSSR count). The molecular weight excluding hydrogens is 366 g/mol. The van der Waals surface area contributed by atoms with Crippen LogP contribution in [0.4, 0.5) is 0 Å². The Labute approximate surface area is 176 Å². The molecule has 0 saturated carbocycles. The van der Waals surface area contributed by atoms with E-state index in [1.54, 1.807) is 0 Å². The molecular formula is C24H39NO4. The highest BCUT2D eigenvalue weighted by atomic mass is 16.5. The minimum Gasteiger partial charge on any atom is -0.481 e. The second-order valence-electron chi connectivity index (χ2n) is 7.88. The van der Waals surface area contributed by atoms with Crippen LogP contribution in [-0.4, -0.2) is 48.2 Å². The minimum atomic E-state index is -0.794. The van der Waals surface area contributed by atoms with Crippen molar-refractivity contribution in [2.75, 3.05) is 26.3 Å². The lowest BCUT2D eigenvalue weighted by Crippen LogP contribution is -2.40. The van der Waals surface area contributed by atoms with Crippen molar-refractivity contribution in [3.05, 3.63) is 47.6 Å². The summed E-state index contributed by atoms with van der Waals surface area (Å²) >= 11 is 0. The summed E-state index contributed by atoms with van der Waals surface area (Å²) < 4.78 is 5.22. The first-order valence-corrected chi connectivity index (χ1v) is 10.3. The van der Waals surface area contributed by atoms with Gasteiger partial charge in [-0.25, -0.2) is 0 Å². The molecule has 5 nitrogen and oxygen atoms in total. The topological polar surface area (TPSA) is 66.8 Å². The van der Waals surface area contributed by atoms with Crippen LogP contribution < -0.4 is 0 Å². The molecule has 0 aromatic rings. The molecule has 0 aliphatic carbocycles.